The predicted octanol–water partition coefficient (Wildman–Crippen LogP) is 19.3. The van der Waals surface area contributed by atoms with Crippen molar-refractivity contribution >= 4 is 131 Å². The monoisotopic (exact) mass is 1040 g/mol. The second-order valence-electron chi connectivity index (χ2n) is 21.2. The van der Waals surface area contributed by atoms with Crippen molar-refractivity contribution in [2.45, 2.75) is 0 Å². The van der Waals surface area contributed by atoms with Crippen LogP contribution in [0, 0.1) is 22.7 Å². The molecule has 0 saturated heterocycles. The van der Waals surface area contributed by atoms with E-state index in [1.54, 1.807) is 0 Å². The fraction of sp³-hybridized carbons (Fsp3) is 0. The zero-order valence-corrected chi connectivity index (χ0v) is 43.6. The van der Waals surface area contributed by atoms with Crippen molar-refractivity contribution in [1.82, 2.24) is 18.3 Å². The van der Waals surface area contributed by atoms with Crippen LogP contribution in [0.1, 0.15) is 11.1 Å². The van der Waals surface area contributed by atoms with E-state index < -0.39 is 0 Å². The van der Waals surface area contributed by atoms with Crippen LogP contribution in [-0.4, -0.2) is 18.3 Å². The molecule has 6 aromatic heterocycles. The molecule has 8 heteroatoms. The molecular formula is C74H40N6O2. The van der Waals surface area contributed by atoms with E-state index in [0.717, 1.165) is 137 Å². The average Bonchev–Trinajstić information content (AvgIpc) is 2.49. The summed E-state index contributed by atoms with van der Waals surface area (Å²) in [6.45, 7) is 0. The van der Waals surface area contributed by atoms with Crippen molar-refractivity contribution in [3.63, 3.8) is 0 Å². The number of para-hydroxylation sites is 8. The molecule has 82 heavy (non-hydrogen) atoms. The van der Waals surface area contributed by atoms with Crippen molar-refractivity contribution in [1.29, 1.82) is 10.5 Å². The van der Waals surface area contributed by atoms with Gasteiger partial charge in [0, 0.05) is 64.6 Å². The lowest BCUT2D eigenvalue weighted by molar-refractivity contribution is 0.669. The van der Waals surface area contributed by atoms with E-state index in [-0.39, 0.29) is 0 Å². The molecule has 0 fully saturated rings. The Morgan fingerprint density at radius 2 is 0.598 bits per heavy atom. The van der Waals surface area contributed by atoms with Gasteiger partial charge in [0.15, 0.2) is 5.58 Å². The summed E-state index contributed by atoms with van der Waals surface area (Å²) < 4.78 is 22.8. The Balaban J connectivity index is 1.15. The van der Waals surface area contributed by atoms with Gasteiger partial charge in [0.2, 0.25) is 0 Å². The molecule has 8 nitrogen and oxygen atoms in total. The second-order valence-corrected chi connectivity index (χ2v) is 21.2. The molecule has 0 atom stereocenters. The third-order valence-electron chi connectivity index (χ3n) is 17.2. The number of aromatic nitrogens is 4. The van der Waals surface area contributed by atoms with Crippen LogP contribution in [0.2, 0.25) is 0 Å². The van der Waals surface area contributed by atoms with Crippen molar-refractivity contribution in [2.75, 3.05) is 0 Å². The van der Waals surface area contributed by atoms with Crippen LogP contribution in [0.5, 0.6) is 0 Å². The Morgan fingerprint density at radius 3 is 1.06 bits per heavy atom. The molecular weight excluding hydrogens is 1000 g/mol. The number of hydrogen-bond acceptors (Lipinski definition) is 4. The van der Waals surface area contributed by atoms with Gasteiger partial charge >= 0.3 is 0 Å². The highest BCUT2D eigenvalue weighted by Crippen LogP contribution is 2.52. The summed E-state index contributed by atoms with van der Waals surface area (Å²) in [7, 11) is 0. The van der Waals surface area contributed by atoms with Gasteiger partial charge in [0.25, 0.3) is 0 Å². The van der Waals surface area contributed by atoms with Gasteiger partial charge in [-0.3, -0.25) is 0 Å². The maximum Gasteiger partial charge on any atom is 0.160 e. The fourth-order valence-corrected chi connectivity index (χ4v) is 14.1. The molecule has 0 saturated carbocycles. The van der Waals surface area contributed by atoms with Gasteiger partial charge in [0.05, 0.1) is 66.9 Å². The van der Waals surface area contributed by atoms with Gasteiger partial charge in [-0.15, -0.1) is 0 Å². The lowest BCUT2D eigenvalue weighted by Gasteiger charge is -2.27. The number of furan rings is 2. The van der Waals surface area contributed by atoms with E-state index in [1.807, 2.05) is 36.4 Å². The lowest BCUT2D eigenvalue weighted by Crippen LogP contribution is -2.16. The highest BCUT2D eigenvalue weighted by atomic mass is 16.3. The topological polar surface area (TPSA) is 93.6 Å². The summed E-state index contributed by atoms with van der Waals surface area (Å²) in [5, 5.41) is 37.8. The quantitative estimate of drug-likeness (QED) is 0.172. The van der Waals surface area contributed by atoms with Crippen molar-refractivity contribution in [2.24, 2.45) is 0 Å². The summed E-state index contributed by atoms with van der Waals surface area (Å²) in [4.78, 5) is 0. The molecule has 18 aromatic rings. The minimum atomic E-state index is 0.361. The lowest BCUT2D eigenvalue weighted by atomic mass is 9.95. The first-order valence-electron chi connectivity index (χ1n) is 27.5. The molecule has 0 aliphatic rings. The highest BCUT2D eigenvalue weighted by molar-refractivity contribution is 6.27. The molecule has 0 bridgehead atoms. The molecule has 18 rings (SSSR count). The Morgan fingerprint density at radius 1 is 0.256 bits per heavy atom. The van der Waals surface area contributed by atoms with E-state index >= 15 is 0 Å². The largest absolute Gasteiger partial charge is 0.456 e. The van der Waals surface area contributed by atoms with Crippen LogP contribution >= 0.6 is 0 Å². The van der Waals surface area contributed by atoms with Crippen LogP contribution in [-0.2, 0) is 0 Å². The number of benzene rings is 12. The van der Waals surface area contributed by atoms with Gasteiger partial charge in [-0.2, -0.15) is 10.5 Å². The van der Waals surface area contributed by atoms with Crippen molar-refractivity contribution in [3.8, 4) is 46.0 Å². The molecule has 0 aliphatic heterocycles. The zero-order valence-electron chi connectivity index (χ0n) is 43.6. The van der Waals surface area contributed by atoms with Gasteiger partial charge in [-0.05, 0) is 77.9 Å². The molecule has 6 heterocycles. The summed E-state index contributed by atoms with van der Waals surface area (Å²) >= 11 is 0. The van der Waals surface area contributed by atoms with E-state index in [9.17, 15) is 10.5 Å². The third kappa shape index (κ3) is 5.71. The summed E-state index contributed by atoms with van der Waals surface area (Å²) in [6, 6.07) is 89.9. The normalized spacial score (nSPS) is 12.1. The maximum atomic E-state index is 13.0. The number of hydrogen-bond donors (Lipinski definition) is 0. The summed E-state index contributed by atoms with van der Waals surface area (Å²) in [6.07, 6.45) is 0. The predicted molar refractivity (Wildman–Crippen MR) is 333 cm³/mol. The number of nitriles is 2. The second kappa shape index (κ2) is 16.5. The Hall–Kier alpha value is -11.6. The van der Waals surface area contributed by atoms with Gasteiger partial charge in [0.1, 0.15) is 40.0 Å². The maximum absolute atomic E-state index is 13.0. The molecule has 378 valence electrons. The van der Waals surface area contributed by atoms with Crippen molar-refractivity contribution in [3.05, 3.63) is 254 Å². The van der Waals surface area contributed by atoms with E-state index in [4.69, 9.17) is 8.83 Å². The standard InChI is InChI=1S/C74H40N6O2/c75-41-55-69(77-57-29-9-1-19-43(57)44-20-2-10-30-58(44)77)70(78-59-31-11-3-21-45(59)46-22-4-12-32-60(46)78)56(42-76)72(71(55)79-61-33-13-5-23-47(61)48-24-6-14-34-62(48)79)80-63-35-17-27-50(51-28-18-38-66-68(51)53-26-8-16-37-65(53)81-66)67(63)54-40-39-52-49-25-7-15-36-64(49)82-74(52)73(54)80/h1-40H. The van der Waals surface area contributed by atoms with E-state index in [2.05, 4.69) is 237 Å². The molecule has 12 aromatic carbocycles. The van der Waals surface area contributed by atoms with Gasteiger partial charge in [-0.1, -0.05) is 176 Å². The van der Waals surface area contributed by atoms with Gasteiger partial charge in [-0.25, -0.2) is 0 Å². The summed E-state index contributed by atoms with van der Waals surface area (Å²) in [5.74, 6) is 0. The van der Waals surface area contributed by atoms with E-state index in [0.29, 0.717) is 39.5 Å². The molecule has 0 N–H and O–H groups in total. The van der Waals surface area contributed by atoms with Crippen LogP contribution < -0.4 is 0 Å². The minimum Gasteiger partial charge on any atom is -0.456 e. The van der Waals surface area contributed by atoms with Crippen LogP contribution in [0.15, 0.2) is 251 Å². The SMILES string of the molecule is N#Cc1c(-n2c3ccccc3c3ccccc32)c(-n2c3ccccc3c3ccccc32)c(C#N)c(-n2c3cccc(-c4cccc5oc6ccccc6c45)c3c3ccc4c5ccccc5oc4c32)c1-n1c2ccccc2c2ccccc21. The Bertz CT molecular complexity index is 5780. The van der Waals surface area contributed by atoms with Crippen LogP contribution in [0.4, 0.5) is 0 Å². The first kappa shape index (κ1) is 44.4. The molecule has 0 spiro atoms. The Kier molecular flexibility index (Phi) is 8.93. The number of fused-ring (bicyclic) bond motifs is 19. The third-order valence-corrected chi connectivity index (χ3v) is 17.2. The minimum absolute atomic E-state index is 0.361. The first-order valence-corrected chi connectivity index (χ1v) is 27.5. The average molecular weight is 1050 g/mol. The van der Waals surface area contributed by atoms with E-state index in [1.165, 1.54) is 0 Å². The number of rotatable bonds is 5. The van der Waals surface area contributed by atoms with Crippen LogP contribution in [0.25, 0.3) is 165 Å². The van der Waals surface area contributed by atoms with Gasteiger partial charge < -0.3 is 27.1 Å². The molecule has 0 amide bonds. The number of nitrogens with zero attached hydrogens (tertiary/aromatic N) is 6. The smallest absolute Gasteiger partial charge is 0.160 e. The molecule has 0 unspecified atom stereocenters. The zero-order chi connectivity index (χ0) is 53.9. The van der Waals surface area contributed by atoms with Crippen molar-refractivity contribution < 1.29 is 8.83 Å². The fourth-order valence-electron chi connectivity index (χ4n) is 14.1. The van der Waals surface area contributed by atoms with Crippen LogP contribution in [0.3, 0.4) is 0 Å². The molecule has 0 radical (unpaired) electrons. The summed E-state index contributed by atoms with van der Waals surface area (Å²) in [5.41, 5.74) is 14.9. The highest BCUT2D eigenvalue weighted by Gasteiger charge is 2.36. The Labute approximate surface area is 466 Å². The first-order chi connectivity index (χ1) is 40.7. The molecule has 0 aliphatic carbocycles.